The van der Waals surface area contributed by atoms with Crippen LogP contribution in [0.3, 0.4) is 0 Å². The van der Waals surface area contributed by atoms with Crippen molar-refractivity contribution in [2.45, 2.75) is 32.0 Å². The maximum absolute atomic E-state index is 5.83. The van der Waals surface area contributed by atoms with Crippen LogP contribution in [0.5, 0.6) is 5.75 Å². The van der Waals surface area contributed by atoms with Crippen molar-refractivity contribution < 1.29 is 4.74 Å². The zero-order valence-electron chi connectivity index (χ0n) is 18.6. The van der Waals surface area contributed by atoms with Gasteiger partial charge in [-0.05, 0) is 86.2 Å². The van der Waals surface area contributed by atoms with E-state index in [1.807, 2.05) is 68.6 Å². The first kappa shape index (κ1) is 21.2. The Morgan fingerprint density at radius 1 is 0.909 bits per heavy atom. The topological polar surface area (TPSA) is 42.3 Å². The number of hydrogen-bond donors (Lipinski definition) is 1. The van der Waals surface area contributed by atoms with Gasteiger partial charge in [-0.25, -0.2) is 0 Å². The fraction of sp³-hybridized carbons (Fsp3) is 0.185. The maximum atomic E-state index is 5.83. The summed E-state index contributed by atoms with van der Waals surface area (Å²) in [5, 5.41) is 4.20. The Morgan fingerprint density at radius 2 is 1.67 bits per heavy atom. The van der Waals surface area contributed by atoms with Gasteiger partial charge in [0, 0.05) is 30.0 Å². The number of nitrogens with zero attached hydrogens (tertiary/aromatic N) is 3. The van der Waals surface area contributed by atoms with Crippen molar-refractivity contribution >= 4 is 23.0 Å². The highest BCUT2D eigenvalue weighted by Gasteiger charge is 2.41. The lowest BCUT2D eigenvalue weighted by Gasteiger charge is -2.27. The molecule has 166 valence electrons. The van der Waals surface area contributed by atoms with Crippen molar-refractivity contribution in [2.24, 2.45) is 0 Å². The van der Waals surface area contributed by atoms with E-state index >= 15 is 0 Å². The van der Waals surface area contributed by atoms with Gasteiger partial charge in [0.05, 0.1) is 23.9 Å². The van der Waals surface area contributed by atoms with E-state index in [9.17, 15) is 0 Å². The average molecular weight is 455 g/mol. The van der Waals surface area contributed by atoms with Gasteiger partial charge in [0.25, 0.3) is 0 Å². The molecule has 5 nitrogen and oxygen atoms in total. The van der Waals surface area contributed by atoms with Crippen molar-refractivity contribution in [3.8, 4) is 11.4 Å². The number of para-hydroxylation sites is 1. The summed E-state index contributed by atoms with van der Waals surface area (Å²) < 4.78 is 7.98. The summed E-state index contributed by atoms with van der Waals surface area (Å²) >= 11 is 5.83. The molecule has 1 aliphatic heterocycles. The Hall–Kier alpha value is -3.64. The highest BCUT2D eigenvalue weighted by atomic mass is 32.1. The molecule has 1 fully saturated rings. The molecule has 2 aromatic heterocycles. The summed E-state index contributed by atoms with van der Waals surface area (Å²) in [6.07, 6.45) is 6.23. The first-order valence-electron chi connectivity index (χ1n) is 11.1. The van der Waals surface area contributed by atoms with Gasteiger partial charge >= 0.3 is 0 Å². The Balaban J connectivity index is 1.55. The second kappa shape index (κ2) is 9.08. The molecule has 1 saturated heterocycles. The van der Waals surface area contributed by atoms with Gasteiger partial charge in [0.15, 0.2) is 5.11 Å². The lowest BCUT2D eigenvalue weighted by atomic mass is 9.98. The van der Waals surface area contributed by atoms with Gasteiger partial charge < -0.3 is 19.5 Å². The van der Waals surface area contributed by atoms with Gasteiger partial charge in [-0.1, -0.05) is 24.3 Å². The summed E-state index contributed by atoms with van der Waals surface area (Å²) in [4.78, 5) is 6.81. The Kier molecular flexibility index (Phi) is 5.84. The fourth-order valence-corrected chi connectivity index (χ4v) is 4.62. The standard InChI is InChI=1S/C27H26N4OS/c1-19(2)32-23-13-11-22(12-14-23)31-26(25(29-27(31)33)24-10-6-7-16-28-24)20-15-17-30(18-20)21-8-4-3-5-9-21/h3-19,25-26H,1-2H3,(H,29,33)/t25-,26-/m0/s1. The second-order valence-corrected chi connectivity index (χ2v) is 8.73. The van der Waals surface area contributed by atoms with Gasteiger partial charge in [0.1, 0.15) is 5.75 Å². The van der Waals surface area contributed by atoms with E-state index in [0.29, 0.717) is 5.11 Å². The van der Waals surface area contributed by atoms with E-state index in [1.54, 1.807) is 0 Å². The molecule has 33 heavy (non-hydrogen) atoms. The van der Waals surface area contributed by atoms with E-state index < -0.39 is 0 Å². The van der Waals surface area contributed by atoms with Crippen LogP contribution in [0.15, 0.2) is 97.5 Å². The van der Waals surface area contributed by atoms with Crippen LogP contribution in [0.4, 0.5) is 5.69 Å². The van der Waals surface area contributed by atoms with Crippen molar-refractivity contribution in [1.29, 1.82) is 0 Å². The molecular weight excluding hydrogens is 428 g/mol. The van der Waals surface area contributed by atoms with Crippen LogP contribution in [0, 0.1) is 0 Å². The van der Waals surface area contributed by atoms with E-state index in [1.165, 1.54) is 0 Å². The lowest BCUT2D eigenvalue weighted by molar-refractivity contribution is 0.242. The molecule has 0 amide bonds. The SMILES string of the molecule is CC(C)Oc1ccc(N2C(=S)N[C@@H](c3ccccn3)[C@@H]2c2ccn(-c3ccccc3)c2)cc1. The molecular formula is C27H26N4OS. The molecule has 2 aromatic carbocycles. The first-order chi connectivity index (χ1) is 16.1. The maximum Gasteiger partial charge on any atom is 0.174 e. The van der Waals surface area contributed by atoms with Gasteiger partial charge in [0.2, 0.25) is 0 Å². The van der Waals surface area contributed by atoms with Crippen LogP contribution in [-0.4, -0.2) is 20.8 Å². The molecule has 5 rings (SSSR count). The number of benzene rings is 2. The van der Waals surface area contributed by atoms with E-state index in [4.69, 9.17) is 17.0 Å². The number of aromatic nitrogens is 2. The molecule has 0 bridgehead atoms. The fourth-order valence-electron chi connectivity index (χ4n) is 4.28. The molecule has 1 aliphatic rings. The molecule has 0 unspecified atom stereocenters. The molecule has 1 N–H and O–H groups in total. The van der Waals surface area contributed by atoms with Crippen molar-refractivity contribution in [3.05, 3.63) is 109 Å². The number of ether oxygens (including phenoxy) is 1. The number of anilines is 1. The minimum absolute atomic E-state index is 0.0470. The third kappa shape index (κ3) is 4.34. The summed E-state index contributed by atoms with van der Waals surface area (Å²) in [6, 6.07) is 26.5. The Labute approximate surface area is 199 Å². The van der Waals surface area contributed by atoms with Crippen molar-refractivity contribution in [3.63, 3.8) is 0 Å². The van der Waals surface area contributed by atoms with Crippen molar-refractivity contribution in [2.75, 3.05) is 4.90 Å². The number of nitrogens with one attached hydrogen (secondary N) is 1. The van der Waals surface area contributed by atoms with E-state index in [2.05, 4.69) is 62.5 Å². The smallest absolute Gasteiger partial charge is 0.174 e. The van der Waals surface area contributed by atoms with Crippen LogP contribution in [0.25, 0.3) is 5.69 Å². The predicted molar refractivity (Wildman–Crippen MR) is 136 cm³/mol. The van der Waals surface area contributed by atoms with E-state index in [0.717, 1.165) is 28.4 Å². The summed E-state index contributed by atoms with van der Waals surface area (Å²) in [5.41, 5.74) is 4.25. The number of hydrogen-bond acceptors (Lipinski definition) is 3. The van der Waals surface area contributed by atoms with Crippen LogP contribution < -0.4 is 15.0 Å². The highest BCUT2D eigenvalue weighted by Crippen LogP contribution is 2.42. The summed E-state index contributed by atoms with van der Waals surface area (Å²) in [7, 11) is 0. The first-order valence-corrected chi connectivity index (χ1v) is 11.5. The average Bonchev–Trinajstić information content (AvgIpc) is 3.45. The largest absolute Gasteiger partial charge is 0.491 e. The summed E-state index contributed by atoms with van der Waals surface area (Å²) in [5.74, 6) is 0.847. The minimum atomic E-state index is -0.0723. The zero-order valence-corrected chi connectivity index (χ0v) is 19.4. The molecule has 0 saturated carbocycles. The third-order valence-electron chi connectivity index (χ3n) is 5.70. The highest BCUT2D eigenvalue weighted by molar-refractivity contribution is 7.80. The number of thiocarbonyl (C=S) groups is 1. The summed E-state index contributed by atoms with van der Waals surface area (Å²) in [6.45, 7) is 4.05. The molecule has 0 radical (unpaired) electrons. The molecule has 4 aromatic rings. The third-order valence-corrected chi connectivity index (χ3v) is 6.01. The van der Waals surface area contributed by atoms with Crippen LogP contribution in [0.2, 0.25) is 0 Å². The monoisotopic (exact) mass is 454 g/mol. The van der Waals surface area contributed by atoms with Gasteiger partial charge in [-0.2, -0.15) is 0 Å². The number of rotatable bonds is 6. The Morgan fingerprint density at radius 3 is 2.36 bits per heavy atom. The predicted octanol–water partition coefficient (Wildman–Crippen LogP) is 5.84. The van der Waals surface area contributed by atoms with Crippen LogP contribution in [-0.2, 0) is 0 Å². The molecule has 0 aliphatic carbocycles. The quantitative estimate of drug-likeness (QED) is 0.371. The normalized spacial score (nSPS) is 17.9. The van der Waals surface area contributed by atoms with Crippen LogP contribution in [0.1, 0.15) is 37.2 Å². The molecule has 0 spiro atoms. The van der Waals surface area contributed by atoms with E-state index in [-0.39, 0.29) is 18.2 Å². The van der Waals surface area contributed by atoms with Crippen molar-refractivity contribution in [1.82, 2.24) is 14.9 Å². The van der Waals surface area contributed by atoms with Gasteiger partial charge in [-0.3, -0.25) is 4.98 Å². The lowest BCUT2D eigenvalue weighted by Crippen LogP contribution is -2.29. The second-order valence-electron chi connectivity index (χ2n) is 8.34. The zero-order chi connectivity index (χ0) is 22.8. The minimum Gasteiger partial charge on any atom is -0.491 e. The Bertz CT molecular complexity index is 1220. The number of pyridine rings is 1. The molecule has 6 heteroatoms. The molecule has 3 heterocycles. The molecule has 2 atom stereocenters. The van der Waals surface area contributed by atoms with Crippen LogP contribution >= 0.6 is 12.2 Å². The van der Waals surface area contributed by atoms with Gasteiger partial charge in [-0.15, -0.1) is 0 Å².